The largest absolute Gasteiger partial charge is 0.336 e. The van der Waals surface area contributed by atoms with E-state index in [4.69, 9.17) is 5.26 Å². The molecule has 0 bridgehead atoms. The molecule has 6 nitrogen and oxygen atoms in total. The van der Waals surface area contributed by atoms with Gasteiger partial charge < -0.3 is 15.1 Å². The number of hydrogen-bond donors (Lipinski definition) is 1. The molecule has 94 valence electrons. The number of carbonyl (C=O) groups is 2. The van der Waals surface area contributed by atoms with Gasteiger partial charge in [-0.2, -0.15) is 5.26 Å². The van der Waals surface area contributed by atoms with Gasteiger partial charge in [0, 0.05) is 20.1 Å². The molecule has 0 aliphatic carbocycles. The summed E-state index contributed by atoms with van der Waals surface area (Å²) in [6, 6.07) is 1.76. The van der Waals surface area contributed by atoms with Crippen LogP contribution in [0.5, 0.6) is 0 Å². The number of likely N-dealkylation sites (N-methyl/N-ethyl adjacent to an activating group) is 1. The predicted molar refractivity (Wildman–Crippen MR) is 61.9 cm³/mol. The number of nitrogens with zero attached hydrogens (tertiary/aromatic N) is 3. The summed E-state index contributed by atoms with van der Waals surface area (Å²) in [7, 11) is 1.60. The first-order chi connectivity index (χ1) is 8.15. The molecule has 0 spiro atoms. The Labute approximate surface area is 101 Å². The molecule has 0 unspecified atom stereocenters. The topological polar surface area (TPSA) is 76.4 Å². The standard InChI is InChI=1S/C11H18N4O2/c1-14(8-9-15-6-2-3-7-15)11(17)10(16)13-5-4-12/h2-3,5-9H2,1H3,(H,13,16). The average molecular weight is 238 g/mol. The van der Waals surface area contributed by atoms with Crippen LogP contribution in [0.4, 0.5) is 0 Å². The molecule has 1 aliphatic rings. The number of nitriles is 1. The summed E-state index contributed by atoms with van der Waals surface area (Å²) in [4.78, 5) is 26.5. The third-order valence-corrected chi connectivity index (χ3v) is 2.82. The molecule has 1 aliphatic heterocycles. The molecule has 0 aromatic carbocycles. The second-order valence-electron chi connectivity index (χ2n) is 4.12. The smallest absolute Gasteiger partial charge is 0.311 e. The van der Waals surface area contributed by atoms with Crippen molar-refractivity contribution in [2.45, 2.75) is 12.8 Å². The molecule has 1 N–H and O–H groups in total. The quantitative estimate of drug-likeness (QED) is 0.513. The molecular weight excluding hydrogens is 220 g/mol. The normalized spacial score (nSPS) is 15.3. The molecule has 1 heterocycles. The van der Waals surface area contributed by atoms with E-state index in [-0.39, 0.29) is 6.54 Å². The van der Waals surface area contributed by atoms with Gasteiger partial charge in [0.05, 0.1) is 6.07 Å². The van der Waals surface area contributed by atoms with Crippen LogP contribution in [0.2, 0.25) is 0 Å². The van der Waals surface area contributed by atoms with Crippen LogP contribution in [0.1, 0.15) is 12.8 Å². The summed E-state index contributed by atoms with van der Waals surface area (Å²) in [6.45, 7) is 3.35. The van der Waals surface area contributed by atoms with Crippen molar-refractivity contribution in [3.63, 3.8) is 0 Å². The predicted octanol–water partition coefficient (Wildman–Crippen LogP) is -0.820. The number of rotatable bonds is 4. The monoisotopic (exact) mass is 238 g/mol. The molecule has 2 amide bonds. The van der Waals surface area contributed by atoms with Crippen molar-refractivity contribution >= 4 is 11.8 Å². The Morgan fingerprint density at radius 1 is 1.41 bits per heavy atom. The fourth-order valence-corrected chi connectivity index (χ4v) is 1.77. The zero-order valence-corrected chi connectivity index (χ0v) is 10.1. The number of carbonyl (C=O) groups excluding carboxylic acids is 2. The van der Waals surface area contributed by atoms with Crippen molar-refractivity contribution in [1.82, 2.24) is 15.1 Å². The highest BCUT2D eigenvalue weighted by Gasteiger charge is 2.19. The van der Waals surface area contributed by atoms with Gasteiger partial charge in [0.15, 0.2) is 0 Å². The molecule has 1 rings (SSSR count). The summed E-state index contributed by atoms with van der Waals surface area (Å²) >= 11 is 0. The average Bonchev–Trinajstić information content (AvgIpc) is 2.85. The van der Waals surface area contributed by atoms with E-state index in [0.717, 1.165) is 19.6 Å². The summed E-state index contributed by atoms with van der Waals surface area (Å²) in [6.07, 6.45) is 2.42. The maximum atomic E-state index is 11.5. The maximum absolute atomic E-state index is 11.5. The molecule has 0 atom stereocenters. The summed E-state index contributed by atoms with van der Waals surface area (Å²) in [5.74, 6) is -1.30. The van der Waals surface area contributed by atoms with Crippen LogP contribution in [0.25, 0.3) is 0 Å². The molecular formula is C11H18N4O2. The van der Waals surface area contributed by atoms with Gasteiger partial charge in [-0.3, -0.25) is 9.59 Å². The molecule has 1 saturated heterocycles. The third kappa shape index (κ3) is 4.41. The van der Waals surface area contributed by atoms with Gasteiger partial charge in [0.25, 0.3) is 0 Å². The van der Waals surface area contributed by atoms with Gasteiger partial charge >= 0.3 is 11.8 Å². The highest BCUT2D eigenvalue weighted by Crippen LogP contribution is 2.06. The van der Waals surface area contributed by atoms with Crippen LogP contribution < -0.4 is 5.32 Å². The van der Waals surface area contributed by atoms with Gasteiger partial charge in [-0.25, -0.2) is 0 Å². The SMILES string of the molecule is CN(CCN1CCCC1)C(=O)C(=O)NCC#N. The van der Waals surface area contributed by atoms with Gasteiger partial charge in [0.1, 0.15) is 6.54 Å². The van der Waals surface area contributed by atoms with Crippen molar-refractivity contribution in [3.8, 4) is 6.07 Å². The van der Waals surface area contributed by atoms with Crippen molar-refractivity contribution in [2.24, 2.45) is 0 Å². The van der Waals surface area contributed by atoms with Crippen molar-refractivity contribution < 1.29 is 9.59 Å². The van der Waals surface area contributed by atoms with Gasteiger partial charge in [-0.15, -0.1) is 0 Å². The Balaban J connectivity index is 2.25. The lowest BCUT2D eigenvalue weighted by atomic mass is 10.4. The Kier molecular flexibility index (Phi) is 5.43. The Hall–Kier alpha value is -1.61. The zero-order valence-electron chi connectivity index (χ0n) is 10.1. The van der Waals surface area contributed by atoms with Crippen molar-refractivity contribution in [2.75, 3.05) is 39.8 Å². The first-order valence-electron chi connectivity index (χ1n) is 5.77. The Bertz CT molecular complexity index is 318. The van der Waals surface area contributed by atoms with E-state index in [9.17, 15) is 9.59 Å². The van der Waals surface area contributed by atoms with Gasteiger partial charge in [0.2, 0.25) is 0 Å². The fraction of sp³-hybridized carbons (Fsp3) is 0.727. The van der Waals surface area contributed by atoms with Crippen LogP contribution >= 0.6 is 0 Å². The summed E-state index contributed by atoms with van der Waals surface area (Å²) in [5, 5.41) is 10.5. The molecule has 0 aromatic heterocycles. The molecule has 0 saturated carbocycles. The van der Waals surface area contributed by atoms with Crippen LogP contribution in [-0.2, 0) is 9.59 Å². The number of hydrogen-bond acceptors (Lipinski definition) is 4. The van der Waals surface area contributed by atoms with E-state index in [0.29, 0.717) is 6.54 Å². The van der Waals surface area contributed by atoms with E-state index in [1.807, 2.05) is 0 Å². The Morgan fingerprint density at radius 2 is 2.06 bits per heavy atom. The van der Waals surface area contributed by atoms with Gasteiger partial charge in [-0.05, 0) is 25.9 Å². The molecule has 6 heteroatoms. The van der Waals surface area contributed by atoms with E-state index >= 15 is 0 Å². The molecule has 0 radical (unpaired) electrons. The van der Waals surface area contributed by atoms with Crippen molar-refractivity contribution in [1.29, 1.82) is 5.26 Å². The third-order valence-electron chi connectivity index (χ3n) is 2.82. The lowest BCUT2D eigenvalue weighted by Gasteiger charge is -2.20. The number of likely N-dealkylation sites (tertiary alicyclic amines) is 1. The van der Waals surface area contributed by atoms with E-state index in [2.05, 4.69) is 10.2 Å². The minimum absolute atomic E-state index is 0.134. The minimum atomic E-state index is -0.713. The number of nitrogens with one attached hydrogen (secondary N) is 1. The van der Waals surface area contributed by atoms with E-state index < -0.39 is 11.8 Å². The molecule has 1 fully saturated rings. The number of amides is 2. The van der Waals surface area contributed by atoms with Crippen LogP contribution in [0, 0.1) is 11.3 Å². The second kappa shape index (κ2) is 6.86. The second-order valence-corrected chi connectivity index (χ2v) is 4.12. The van der Waals surface area contributed by atoms with Crippen molar-refractivity contribution in [3.05, 3.63) is 0 Å². The maximum Gasteiger partial charge on any atom is 0.311 e. The molecule has 0 aromatic rings. The first kappa shape index (κ1) is 13.5. The summed E-state index contributed by atoms with van der Waals surface area (Å²) in [5.41, 5.74) is 0. The van der Waals surface area contributed by atoms with Crippen LogP contribution in [0.3, 0.4) is 0 Å². The van der Waals surface area contributed by atoms with Gasteiger partial charge in [-0.1, -0.05) is 0 Å². The minimum Gasteiger partial charge on any atom is -0.336 e. The zero-order chi connectivity index (χ0) is 12.7. The first-order valence-corrected chi connectivity index (χ1v) is 5.77. The lowest BCUT2D eigenvalue weighted by Crippen LogP contribution is -2.43. The Morgan fingerprint density at radius 3 is 2.65 bits per heavy atom. The highest BCUT2D eigenvalue weighted by molar-refractivity contribution is 6.34. The lowest BCUT2D eigenvalue weighted by molar-refractivity contribution is -0.144. The molecule has 17 heavy (non-hydrogen) atoms. The summed E-state index contributed by atoms with van der Waals surface area (Å²) < 4.78 is 0. The van der Waals surface area contributed by atoms with E-state index in [1.54, 1.807) is 13.1 Å². The fourth-order valence-electron chi connectivity index (χ4n) is 1.77. The van der Waals surface area contributed by atoms with Crippen LogP contribution in [-0.4, -0.2) is 61.4 Å². The van der Waals surface area contributed by atoms with E-state index in [1.165, 1.54) is 17.7 Å². The van der Waals surface area contributed by atoms with Crippen LogP contribution in [0.15, 0.2) is 0 Å². The highest BCUT2D eigenvalue weighted by atomic mass is 16.2.